The molecule has 3 N–H and O–H groups in total. The largest absolute Gasteiger partial charge is 0.468 e. The van der Waals surface area contributed by atoms with Crippen molar-refractivity contribution in [1.82, 2.24) is 20.6 Å². The summed E-state index contributed by atoms with van der Waals surface area (Å²) in [5.41, 5.74) is 7.47. The minimum absolute atomic E-state index is 0.0653. The van der Waals surface area contributed by atoms with Crippen LogP contribution in [0.25, 0.3) is 5.69 Å². The number of carbonyl (C=O) groups is 1. The number of aromatic nitrogens is 2. The van der Waals surface area contributed by atoms with Crippen LogP contribution in [0.4, 0.5) is 10.2 Å². The van der Waals surface area contributed by atoms with E-state index < -0.39 is 6.04 Å². The molecule has 0 spiro atoms. The molecule has 0 aliphatic carbocycles. The summed E-state index contributed by atoms with van der Waals surface area (Å²) in [6.07, 6.45) is 2.16. The molecule has 3 heterocycles. The summed E-state index contributed by atoms with van der Waals surface area (Å²) < 4.78 is 20.1. The highest BCUT2D eigenvalue weighted by Gasteiger charge is 2.32. The molecule has 4 rings (SSSR count). The van der Waals surface area contributed by atoms with Gasteiger partial charge in [0.15, 0.2) is 0 Å². The number of halogens is 1. The van der Waals surface area contributed by atoms with Gasteiger partial charge in [-0.1, -0.05) is 0 Å². The van der Waals surface area contributed by atoms with Crippen molar-refractivity contribution in [2.75, 3.05) is 5.32 Å². The number of hydrogen-bond donors (Lipinski definition) is 3. The predicted octanol–water partition coefficient (Wildman–Crippen LogP) is 2.46. The number of hydrogen-bond acceptors (Lipinski definition) is 5. The molecule has 2 unspecified atom stereocenters. The van der Waals surface area contributed by atoms with Gasteiger partial charge in [-0.25, -0.2) is 19.9 Å². The van der Waals surface area contributed by atoms with E-state index in [9.17, 15) is 9.18 Å². The maximum Gasteiger partial charge on any atom is 0.244 e. The number of furan rings is 1. The molecule has 7 nitrogen and oxygen atoms in total. The molecule has 1 aromatic carbocycles. The maximum atomic E-state index is 13.2. The highest BCUT2D eigenvalue weighted by Crippen LogP contribution is 2.24. The van der Waals surface area contributed by atoms with Gasteiger partial charge in [0.05, 0.1) is 23.7 Å². The first-order chi connectivity index (χ1) is 12.6. The molecule has 26 heavy (non-hydrogen) atoms. The Morgan fingerprint density at radius 1 is 1.31 bits per heavy atom. The molecule has 0 saturated carbocycles. The first-order valence-electron chi connectivity index (χ1n) is 8.28. The third-order valence-corrected chi connectivity index (χ3v) is 4.26. The fourth-order valence-corrected chi connectivity index (χ4v) is 2.99. The average Bonchev–Trinajstić information content (AvgIpc) is 3.35. The zero-order valence-corrected chi connectivity index (χ0v) is 14.1. The number of carbonyl (C=O) groups excluding carboxylic acids is 1. The first-order valence-corrected chi connectivity index (χ1v) is 8.28. The van der Waals surface area contributed by atoms with E-state index >= 15 is 0 Å². The summed E-state index contributed by atoms with van der Waals surface area (Å²) in [7, 11) is 0. The number of benzene rings is 1. The molecule has 8 heteroatoms. The van der Waals surface area contributed by atoms with Gasteiger partial charge in [-0.2, -0.15) is 5.10 Å². The highest BCUT2D eigenvalue weighted by molar-refractivity contribution is 5.94. The van der Waals surface area contributed by atoms with Gasteiger partial charge in [0.25, 0.3) is 0 Å². The van der Waals surface area contributed by atoms with Crippen LogP contribution in [-0.4, -0.2) is 21.7 Å². The lowest BCUT2D eigenvalue weighted by Gasteiger charge is -2.12. The van der Waals surface area contributed by atoms with Crippen LogP contribution in [0.3, 0.4) is 0 Å². The van der Waals surface area contributed by atoms with Crippen LogP contribution < -0.4 is 16.2 Å². The minimum Gasteiger partial charge on any atom is -0.468 e. The highest BCUT2D eigenvalue weighted by atomic mass is 19.1. The molecule has 1 aliphatic rings. The standard InChI is InChI=1S/C18H18FN5O2/c1-11-9-17(24(23-11)13-6-4-12(19)5-7-13)20-18(25)15-10-14(21-22-15)16-3-2-8-26-16/h2-9,14-15,21-22H,10H2,1H3,(H,20,25). The molecule has 2 atom stereocenters. The van der Waals surface area contributed by atoms with E-state index in [1.54, 1.807) is 29.1 Å². The zero-order valence-electron chi connectivity index (χ0n) is 14.1. The van der Waals surface area contributed by atoms with Crippen LogP contribution in [0.15, 0.2) is 53.1 Å². The molecule has 134 valence electrons. The minimum atomic E-state index is -0.415. The number of amides is 1. The Bertz CT molecular complexity index is 904. The second-order valence-electron chi connectivity index (χ2n) is 6.19. The Balaban J connectivity index is 1.49. The van der Waals surface area contributed by atoms with Gasteiger partial charge in [-0.15, -0.1) is 0 Å². The smallest absolute Gasteiger partial charge is 0.244 e. The maximum absolute atomic E-state index is 13.2. The quantitative estimate of drug-likeness (QED) is 0.670. The third kappa shape index (κ3) is 3.24. The van der Waals surface area contributed by atoms with Crippen molar-refractivity contribution in [3.8, 4) is 5.69 Å². The number of hydrazine groups is 1. The fourth-order valence-electron chi connectivity index (χ4n) is 2.99. The normalized spacial score (nSPS) is 19.6. The van der Waals surface area contributed by atoms with Crippen molar-refractivity contribution in [1.29, 1.82) is 0 Å². The van der Waals surface area contributed by atoms with Gasteiger partial charge in [-0.3, -0.25) is 4.79 Å². The Kier molecular flexibility index (Phi) is 4.27. The van der Waals surface area contributed by atoms with E-state index in [0.717, 1.165) is 11.5 Å². The Hall–Kier alpha value is -2.97. The van der Waals surface area contributed by atoms with E-state index in [1.807, 2.05) is 19.1 Å². The zero-order chi connectivity index (χ0) is 18.1. The van der Waals surface area contributed by atoms with Gasteiger partial charge in [-0.05, 0) is 49.7 Å². The molecule has 1 saturated heterocycles. The predicted molar refractivity (Wildman–Crippen MR) is 93.0 cm³/mol. The molecule has 0 bridgehead atoms. The van der Waals surface area contributed by atoms with Crippen molar-refractivity contribution >= 4 is 11.7 Å². The van der Waals surface area contributed by atoms with Crippen LogP contribution in [-0.2, 0) is 4.79 Å². The van der Waals surface area contributed by atoms with Crippen LogP contribution in [0.2, 0.25) is 0 Å². The molecular weight excluding hydrogens is 337 g/mol. The summed E-state index contributed by atoms with van der Waals surface area (Å²) >= 11 is 0. The average molecular weight is 355 g/mol. The van der Waals surface area contributed by atoms with E-state index in [1.165, 1.54) is 12.1 Å². The van der Waals surface area contributed by atoms with Crippen molar-refractivity contribution in [2.24, 2.45) is 0 Å². The fraction of sp³-hybridized carbons (Fsp3) is 0.222. The molecule has 2 aromatic heterocycles. The number of nitrogens with zero attached hydrogens (tertiary/aromatic N) is 2. The lowest BCUT2D eigenvalue weighted by Crippen LogP contribution is -2.39. The van der Waals surface area contributed by atoms with Crippen LogP contribution >= 0.6 is 0 Å². The van der Waals surface area contributed by atoms with Gasteiger partial charge < -0.3 is 9.73 Å². The van der Waals surface area contributed by atoms with Crippen molar-refractivity contribution in [2.45, 2.75) is 25.4 Å². The molecule has 1 amide bonds. The van der Waals surface area contributed by atoms with E-state index in [0.29, 0.717) is 17.9 Å². The Morgan fingerprint density at radius 3 is 2.85 bits per heavy atom. The van der Waals surface area contributed by atoms with E-state index in [4.69, 9.17) is 4.42 Å². The topological polar surface area (TPSA) is 84.1 Å². The number of aryl methyl sites for hydroxylation is 1. The second kappa shape index (κ2) is 6.74. The van der Waals surface area contributed by atoms with Gasteiger partial charge in [0, 0.05) is 6.07 Å². The lowest BCUT2D eigenvalue weighted by atomic mass is 10.1. The monoisotopic (exact) mass is 355 g/mol. The summed E-state index contributed by atoms with van der Waals surface area (Å²) in [4.78, 5) is 12.6. The molecular formula is C18H18FN5O2. The van der Waals surface area contributed by atoms with E-state index in [-0.39, 0.29) is 17.8 Å². The van der Waals surface area contributed by atoms with Crippen LogP contribution in [0.1, 0.15) is 23.9 Å². The van der Waals surface area contributed by atoms with Crippen molar-refractivity contribution in [3.05, 3.63) is 66.0 Å². The Morgan fingerprint density at radius 2 is 2.12 bits per heavy atom. The lowest BCUT2D eigenvalue weighted by molar-refractivity contribution is -0.117. The molecule has 0 radical (unpaired) electrons. The van der Waals surface area contributed by atoms with Crippen molar-refractivity contribution < 1.29 is 13.6 Å². The van der Waals surface area contributed by atoms with Crippen molar-refractivity contribution in [3.63, 3.8) is 0 Å². The molecule has 1 fully saturated rings. The van der Waals surface area contributed by atoms with Gasteiger partial charge in [0.1, 0.15) is 23.4 Å². The first kappa shape index (κ1) is 16.5. The number of nitrogens with one attached hydrogen (secondary N) is 3. The summed E-state index contributed by atoms with van der Waals surface area (Å²) in [6, 6.07) is 10.9. The summed E-state index contributed by atoms with van der Waals surface area (Å²) in [5, 5.41) is 7.26. The Labute approximate surface area is 149 Å². The van der Waals surface area contributed by atoms with Gasteiger partial charge >= 0.3 is 0 Å². The summed E-state index contributed by atoms with van der Waals surface area (Å²) in [6.45, 7) is 1.83. The summed E-state index contributed by atoms with van der Waals surface area (Å²) in [5.74, 6) is 0.797. The molecule has 1 aliphatic heterocycles. The number of rotatable bonds is 4. The van der Waals surface area contributed by atoms with Gasteiger partial charge in [0.2, 0.25) is 5.91 Å². The SMILES string of the molecule is Cc1cc(NC(=O)C2CC(c3ccco3)NN2)n(-c2ccc(F)cc2)n1. The number of anilines is 1. The van der Waals surface area contributed by atoms with Crippen LogP contribution in [0.5, 0.6) is 0 Å². The third-order valence-electron chi connectivity index (χ3n) is 4.26. The second-order valence-corrected chi connectivity index (χ2v) is 6.19. The van der Waals surface area contributed by atoms with Crippen LogP contribution in [0, 0.1) is 12.7 Å². The molecule has 3 aromatic rings. The van der Waals surface area contributed by atoms with E-state index in [2.05, 4.69) is 21.3 Å².